The van der Waals surface area contributed by atoms with Gasteiger partial charge in [-0.2, -0.15) is 0 Å². The van der Waals surface area contributed by atoms with Gasteiger partial charge in [0, 0.05) is 17.2 Å². The van der Waals surface area contributed by atoms with E-state index in [-0.39, 0.29) is 16.1 Å². The van der Waals surface area contributed by atoms with Crippen molar-refractivity contribution >= 4 is 49.2 Å². The van der Waals surface area contributed by atoms with Crippen LogP contribution in [0.4, 0.5) is 11.4 Å². The molecule has 39 heavy (non-hydrogen) atoms. The predicted octanol–water partition coefficient (Wildman–Crippen LogP) is 4.15. The molecule has 202 valence electrons. The van der Waals surface area contributed by atoms with Crippen LogP contribution in [0.1, 0.15) is 21.6 Å². The van der Waals surface area contributed by atoms with E-state index in [0.29, 0.717) is 17.1 Å². The Bertz CT molecular complexity index is 1730. The van der Waals surface area contributed by atoms with Crippen LogP contribution in [0.2, 0.25) is 0 Å². The number of hydrogen-bond acceptors (Lipinski definition) is 6. The Morgan fingerprint density at radius 1 is 0.974 bits per heavy atom. The minimum absolute atomic E-state index is 0.0726. The summed E-state index contributed by atoms with van der Waals surface area (Å²) >= 11 is 3.38. The summed E-state index contributed by atoms with van der Waals surface area (Å²) in [6, 6.07) is 19.2. The Morgan fingerprint density at radius 2 is 1.69 bits per heavy atom. The van der Waals surface area contributed by atoms with Crippen LogP contribution in [-0.4, -0.2) is 36.3 Å². The summed E-state index contributed by atoms with van der Waals surface area (Å²) in [7, 11) is -2.60. The number of amides is 1. The molecule has 0 saturated heterocycles. The van der Waals surface area contributed by atoms with Crippen LogP contribution < -0.4 is 15.6 Å². The first kappa shape index (κ1) is 27.9. The van der Waals surface area contributed by atoms with E-state index in [1.165, 1.54) is 22.9 Å². The number of halogens is 1. The topological polar surface area (TPSA) is 128 Å². The van der Waals surface area contributed by atoms with Gasteiger partial charge < -0.3 is 10.1 Å². The van der Waals surface area contributed by atoms with Crippen molar-refractivity contribution in [3.05, 3.63) is 104 Å². The number of carbonyl (C=O) groups excluding carboxylic acids is 2. The van der Waals surface area contributed by atoms with Crippen LogP contribution in [-0.2, 0) is 26.6 Å². The molecule has 1 aromatic heterocycles. The second kappa shape index (κ2) is 11.3. The summed E-state index contributed by atoms with van der Waals surface area (Å²) in [4.78, 5) is 37.7. The van der Waals surface area contributed by atoms with Crippen LogP contribution in [0, 0.1) is 13.8 Å². The van der Waals surface area contributed by atoms with Crippen LogP contribution in [0.25, 0.3) is 5.69 Å². The summed E-state index contributed by atoms with van der Waals surface area (Å²) in [5, 5.41) is 2.63. The lowest BCUT2D eigenvalue weighted by Crippen LogP contribution is -2.23. The molecule has 0 atom stereocenters. The van der Waals surface area contributed by atoms with Gasteiger partial charge in [0.05, 0.1) is 21.8 Å². The molecule has 1 heterocycles. The van der Waals surface area contributed by atoms with Gasteiger partial charge in [-0.15, -0.1) is 0 Å². The van der Waals surface area contributed by atoms with E-state index in [2.05, 4.69) is 26.0 Å². The number of aryl methyl sites for hydroxylation is 1. The molecule has 4 aromatic rings. The molecular weight excluding hydrogens is 588 g/mol. The number of carbonyl (C=O) groups is 2. The molecule has 4 rings (SSSR count). The van der Waals surface area contributed by atoms with Gasteiger partial charge in [0.2, 0.25) is 0 Å². The standard InChI is InChI=1S/C27H25BrN4O6S/c1-17-14-20(12-13-23(17)28)29-24(33)16-38-27(35)19-8-7-11-22(15-19)39(36,37)30-25-18(2)31(3)32(26(25)34)21-9-5-4-6-10-21/h4-15,30H,16H2,1-3H3,(H,29,33). The predicted molar refractivity (Wildman–Crippen MR) is 151 cm³/mol. The lowest BCUT2D eigenvalue weighted by atomic mass is 10.2. The van der Waals surface area contributed by atoms with Crippen LogP contribution in [0.5, 0.6) is 0 Å². The van der Waals surface area contributed by atoms with Crippen molar-refractivity contribution in [3.63, 3.8) is 0 Å². The average molecular weight is 613 g/mol. The smallest absolute Gasteiger partial charge is 0.338 e. The van der Waals surface area contributed by atoms with E-state index in [1.807, 2.05) is 13.0 Å². The summed E-state index contributed by atoms with van der Waals surface area (Å²) in [5.41, 5.74) is 1.69. The zero-order valence-corrected chi connectivity index (χ0v) is 23.7. The van der Waals surface area contributed by atoms with Crippen molar-refractivity contribution in [1.82, 2.24) is 9.36 Å². The number of aromatic nitrogens is 2. The second-order valence-corrected chi connectivity index (χ2v) is 11.2. The van der Waals surface area contributed by atoms with Crippen LogP contribution in [0.15, 0.2) is 87.0 Å². The van der Waals surface area contributed by atoms with Gasteiger partial charge in [-0.05, 0) is 67.9 Å². The normalized spacial score (nSPS) is 11.2. The van der Waals surface area contributed by atoms with E-state index >= 15 is 0 Å². The fraction of sp³-hybridized carbons (Fsp3) is 0.148. The van der Waals surface area contributed by atoms with Gasteiger partial charge >= 0.3 is 5.97 Å². The molecule has 0 radical (unpaired) electrons. The Labute approximate surface area is 233 Å². The second-order valence-electron chi connectivity index (χ2n) is 8.66. The SMILES string of the molecule is Cc1cc(NC(=O)COC(=O)c2cccc(S(=O)(=O)Nc3c(C)n(C)n(-c4ccccc4)c3=O)c2)ccc1Br. The Kier molecular flexibility index (Phi) is 8.07. The van der Waals surface area contributed by atoms with Crippen LogP contribution >= 0.6 is 15.9 Å². The third-order valence-corrected chi connectivity index (χ3v) is 8.18. The van der Waals surface area contributed by atoms with E-state index in [1.54, 1.807) is 61.1 Å². The minimum Gasteiger partial charge on any atom is -0.452 e. The lowest BCUT2D eigenvalue weighted by Gasteiger charge is -2.10. The molecule has 0 bridgehead atoms. The Hall–Kier alpha value is -4.16. The molecule has 0 aliphatic rings. The molecule has 0 fully saturated rings. The Morgan fingerprint density at radius 3 is 2.38 bits per heavy atom. The first-order chi connectivity index (χ1) is 18.5. The summed E-state index contributed by atoms with van der Waals surface area (Å²) in [6.07, 6.45) is 0. The maximum Gasteiger partial charge on any atom is 0.338 e. The van der Waals surface area contributed by atoms with E-state index < -0.39 is 34.1 Å². The quantitative estimate of drug-likeness (QED) is 0.288. The number of nitrogens with one attached hydrogen (secondary N) is 2. The number of sulfonamides is 1. The Balaban J connectivity index is 1.48. The molecule has 1 amide bonds. The number of esters is 1. The molecule has 3 aromatic carbocycles. The van der Waals surface area contributed by atoms with E-state index in [4.69, 9.17) is 4.74 Å². The monoisotopic (exact) mass is 612 g/mol. The molecule has 12 heteroatoms. The van der Waals surface area contributed by atoms with Crippen molar-refractivity contribution in [2.45, 2.75) is 18.7 Å². The average Bonchev–Trinajstić information content (AvgIpc) is 3.12. The number of rotatable bonds is 8. The fourth-order valence-electron chi connectivity index (χ4n) is 3.80. The largest absolute Gasteiger partial charge is 0.452 e. The first-order valence-corrected chi connectivity index (χ1v) is 14.0. The zero-order valence-electron chi connectivity index (χ0n) is 21.3. The zero-order chi connectivity index (χ0) is 28.3. The minimum atomic E-state index is -4.25. The number of benzene rings is 3. The fourth-order valence-corrected chi connectivity index (χ4v) is 5.21. The molecule has 2 N–H and O–H groups in total. The number of anilines is 2. The van der Waals surface area contributed by atoms with Gasteiger partial charge in [-0.3, -0.25) is 19.0 Å². The van der Waals surface area contributed by atoms with Gasteiger partial charge in [0.15, 0.2) is 6.61 Å². The van der Waals surface area contributed by atoms with Gasteiger partial charge in [0.25, 0.3) is 21.5 Å². The van der Waals surface area contributed by atoms with E-state index in [0.717, 1.165) is 16.1 Å². The third-order valence-electron chi connectivity index (χ3n) is 5.95. The van der Waals surface area contributed by atoms with Gasteiger partial charge in [-0.25, -0.2) is 17.9 Å². The highest BCUT2D eigenvalue weighted by Gasteiger charge is 2.23. The molecular formula is C27H25BrN4O6S. The lowest BCUT2D eigenvalue weighted by molar-refractivity contribution is -0.119. The summed E-state index contributed by atoms with van der Waals surface area (Å²) < 4.78 is 37.6. The van der Waals surface area contributed by atoms with Crippen molar-refractivity contribution in [2.24, 2.45) is 7.05 Å². The number of nitrogens with zero attached hydrogens (tertiary/aromatic N) is 2. The van der Waals surface area contributed by atoms with Crippen molar-refractivity contribution in [3.8, 4) is 5.69 Å². The first-order valence-electron chi connectivity index (χ1n) is 11.7. The highest BCUT2D eigenvalue weighted by atomic mass is 79.9. The van der Waals surface area contributed by atoms with E-state index in [9.17, 15) is 22.8 Å². The number of para-hydroxylation sites is 1. The third kappa shape index (κ3) is 6.13. The van der Waals surface area contributed by atoms with Crippen molar-refractivity contribution < 1.29 is 22.7 Å². The molecule has 0 saturated carbocycles. The molecule has 0 aliphatic carbocycles. The van der Waals surface area contributed by atoms with Crippen molar-refractivity contribution in [1.29, 1.82) is 0 Å². The maximum absolute atomic E-state index is 13.2. The number of ether oxygens (including phenoxy) is 1. The maximum atomic E-state index is 13.2. The van der Waals surface area contributed by atoms with Crippen molar-refractivity contribution in [2.75, 3.05) is 16.6 Å². The molecule has 0 aliphatic heterocycles. The van der Waals surface area contributed by atoms with Crippen LogP contribution in [0.3, 0.4) is 0 Å². The molecule has 10 nitrogen and oxygen atoms in total. The highest BCUT2D eigenvalue weighted by molar-refractivity contribution is 9.10. The molecule has 0 spiro atoms. The number of hydrogen-bond donors (Lipinski definition) is 2. The summed E-state index contributed by atoms with van der Waals surface area (Å²) in [5.74, 6) is -1.43. The van der Waals surface area contributed by atoms with Gasteiger partial charge in [0.1, 0.15) is 5.69 Å². The molecule has 0 unspecified atom stereocenters. The van der Waals surface area contributed by atoms with Gasteiger partial charge in [-0.1, -0.05) is 40.2 Å². The summed E-state index contributed by atoms with van der Waals surface area (Å²) in [6.45, 7) is 2.92. The highest BCUT2D eigenvalue weighted by Crippen LogP contribution is 2.21.